The van der Waals surface area contributed by atoms with Crippen LogP contribution in [0.1, 0.15) is 27.7 Å². The molecule has 1 aliphatic heterocycles. The van der Waals surface area contributed by atoms with E-state index in [-0.39, 0.29) is 0 Å². The number of ether oxygens (including phenoxy) is 2. The Balaban J connectivity index is 2.97. The molecule has 1 rings (SSSR count). The van der Waals surface area contributed by atoms with E-state index in [0.717, 1.165) is 0 Å². The molecule has 78 valence electrons. The molecule has 13 heavy (non-hydrogen) atoms. The van der Waals surface area contributed by atoms with Crippen molar-refractivity contribution in [2.45, 2.75) is 44.7 Å². The largest absolute Gasteiger partial charge is 0.340 e. The van der Waals surface area contributed by atoms with Gasteiger partial charge in [-0.15, -0.1) is 0 Å². The zero-order chi connectivity index (χ0) is 10.3. The fourth-order valence-corrected chi connectivity index (χ4v) is 1.84. The molecule has 1 heterocycles. The Hall–Kier alpha value is -0.160. The van der Waals surface area contributed by atoms with Crippen molar-refractivity contribution in [2.75, 3.05) is 13.1 Å². The van der Waals surface area contributed by atoms with Crippen molar-refractivity contribution < 1.29 is 9.47 Å². The quantitative estimate of drug-likeness (QED) is 0.649. The minimum atomic E-state index is -0.595. The average molecular weight is 188 g/mol. The summed E-state index contributed by atoms with van der Waals surface area (Å²) in [5.41, 5.74) is 10.4. The molecule has 0 bridgehead atoms. The standard InChI is InChI=1S/C9H20N2O2/c1-7(2)12-8(3,5-10)9(4,6-11)13-7/h5-6,10-11H2,1-4H3. The summed E-state index contributed by atoms with van der Waals surface area (Å²) in [6, 6.07) is 0. The second kappa shape index (κ2) is 2.92. The van der Waals surface area contributed by atoms with Gasteiger partial charge >= 0.3 is 0 Å². The predicted molar refractivity (Wildman–Crippen MR) is 51.2 cm³/mol. The van der Waals surface area contributed by atoms with E-state index < -0.39 is 17.0 Å². The zero-order valence-corrected chi connectivity index (χ0v) is 8.89. The van der Waals surface area contributed by atoms with Crippen molar-refractivity contribution in [3.8, 4) is 0 Å². The van der Waals surface area contributed by atoms with Gasteiger partial charge in [0.15, 0.2) is 5.79 Å². The summed E-state index contributed by atoms with van der Waals surface area (Å²) in [6.45, 7) is 8.45. The molecule has 2 atom stereocenters. The molecule has 2 unspecified atom stereocenters. The van der Waals surface area contributed by atoms with Crippen LogP contribution in [0.4, 0.5) is 0 Å². The molecule has 1 fully saturated rings. The maximum Gasteiger partial charge on any atom is 0.164 e. The van der Waals surface area contributed by atoms with Crippen LogP contribution < -0.4 is 11.5 Å². The summed E-state index contributed by atoms with van der Waals surface area (Å²) < 4.78 is 11.5. The normalized spacial score (nSPS) is 43.8. The lowest BCUT2D eigenvalue weighted by Crippen LogP contribution is -2.56. The Morgan fingerprint density at radius 1 is 0.846 bits per heavy atom. The Labute approximate surface area is 79.6 Å². The summed E-state index contributed by atoms with van der Waals surface area (Å²) >= 11 is 0. The highest BCUT2D eigenvalue weighted by atomic mass is 16.8. The van der Waals surface area contributed by atoms with Crippen LogP contribution in [0, 0.1) is 0 Å². The van der Waals surface area contributed by atoms with E-state index in [1.807, 2.05) is 27.7 Å². The topological polar surface area (TPSA) is 70.5 Å². The van der Waals surface area contributed by atoms with E-state index in [1.54, 1.807) is 0 Å². The minimum Gasteiger partial charge on any atom is -0.340 e. The summed E-state index contributed by atoms with van der Waals surface area (Å²) in [6.07, 6.45) is 0. The number of hydrogen-bond acceptors (Lipinski definition) is 4. The summed E-state index contributed by atoms with van der Waals surface area (Å²) in [7, 11) is 0. The summed E-state index contributed by atoms with van der Waals surface area (Å²) in [5, 5.41) is 0. The van der Waals surface area contributed by atoms with Gasteiger partial charge in [0.05, 0.1) is 0 Å². The fourth-order valence-electron chi connectivity index (χ4n) is 1.84. The highest BCUT2D eigenvalue weighted by Gasteiger charge is 2.56. The SMILES string of the molecule is CC1(C)OC(C)(CN)C(C)(CN)O1. The van der Waals surface area contributed by atoms with Gasteiger partial charge in [0.1, 0.15) is 11.2 Å². The highest BCUT2D eigenvalue weighted by molar-refractivity contribution is 5.04. The monoisotopic (exact) mass is 188 g/mol. The second-order valence-electron chi connectivity index (χ2n) is 4.47. The van der Waals surface area contributed by atoms with Gasteiger partial charge in [-0.25, -0.2) is 0 Å². The van der Waals surface area contributed by atoms with Crippen molar-refractivity contribution in [1.29, 1.82) is 0 Å². The van der Waals surface area contributed by atoms with Crippen LogP contribution in [0.3, 0.4) is 0 Å². The van der Waals surface area contributed by atoms with Gasteiger partial charge in [-0.1, -0.05) is 0 Å². The molecule has 0 spiro atoms. The van der Waals surface area contributed by atoms with E-state index in [2.05, 4.69) is 0 Å². The first-order chi connectivity index (χ1) is 5.79. The van der Waals surface area contributed by atoms with Gasteiger partial charge in [0.25, 0.3) is 0 Å². The van der Waals surface area contributed by atoms with Crippen LogP contribution in [0.25, 0.3) is 0 Å². The third-order valence-corrected chi connectivity index (χ3v) is 2.84. The van der Waals surface area contributed by atoms with Gasteiger partial charge in [-0.3, -0.25) is 0 Å². The lowest BCUT2D eigenvalue weighted by atomic mass is 9.86. The van der Waals surface area contributed by atoms with Crippen molar-refractivity contribution in [1.82, 2.24) is 0 Å². The minimum absolute atomic E-state index is 0.407. The van der Waals surface area contributed by atoms with Crippen molar-refractivity contribution >= 4 is 0 Å². The Morgan fingerprint density at radius 2 is 1.15 bits per heavy atom. The molecular formula is C9H20N2O2. The molecule has 0 aromatic heterocycles. The Morgan fingerprint density at radius 3 is 1.38 bits per heavy atom. The third-order valence-electron chi connectivity index (χ3n) is 2.84. The predicted octanol–water partition coefficient (Wildman–Crippen LogP) is 0.204. The molecule has 4 heteroatoms. The lowest BCUT2D eigenvalue weighted by molar-refractivity contribution is -0.165. The van der Waals surface area contributed by atoms with E-state index in [0.29, 0.717) is 13.1 Å². The van der Waals surface area contributed by atoms with E-state index >= 15 is 0 Å². The van der Waals surface area contributed by atoms with Gasteiger partial charge < -0.3 is 20.9 Å². The molecule has 0 amide bonds. The maximum atomic E-state index is 5.76. The molecule has 1 saturated heterocycles. The number of nitrogens with two attached hydrogens (primary N) is 2. The van der Waals surface area contributed by atoms with Crippen molar-refractivity contribution in [3.63, 3.8) is 0 Å². The van der Waals surface area contributed by atoms with Gasteiger partial charge in [0, 0.05) is 13.1 Å². The molecule has 0 aromatic carbocycles. The highest BCUT2D eigenvalue weighted by Crippen LogP contribution is 2.42. The van der Waals surface area contributed by atoms with Crippen LogP contribution >= 0.6 is 0 Å². The van der Waals surface area contributed by atoms with Crippen LogP contribution in [-0.2, 0) is 9.47 Å². The fraction of sp³-hybridized carbons (Fsp3) is 1.00. The van der Waals surface area contributed by atoms with Crippen LogP contribution in [-0.4, -0.2) is 30.1 Å². The number of hydrogen-bond donors (Lipinski definition) is 2. The molecular weight excluding hydrogens is 168 g/mol. The first-order valence-electron chi connectivity index (χ1n) is 4.59. The molecule has 1 aliphatic rings. The van der Waals surface area contributed by atoms with Gasteiger partial charge in [0.2, 0.25) is 0 Å². The summed E-state index contributed by atoms with van der Waals surface area (Å²) in [4.78, 5) is 0. The van der Waals surface area contributed by atoms with Crippen LogP contribution in [0.2, 0.25) is 0 Å². The van der Waals surface area contributed by atoms with Crippen LogP contribution in [0.15, 0.2) is 0 Å². The third kappa shape index (κ3) is 1.59. The van der Waals surface area contributed by atoms with E-state index in [1.165, 1.54) is 0 Å². The van der Waals surface area contributed by atoms with E-state index in [9.17, 15) is 0 Å². The first-order valence-corrected chi connectivity index (χ1v) is 4.59. The molecule has 0 aliphatic carbocycles. The second-order valence-corrected chi connectivity index (χ2v) is 4.47. The molecule has 0 radical (unpaired) electrons. The average Bonchev–Trinajstić information content (AvgIpc) is 2.19. The Bertz CT molecular complexity index is 188. The van der Waals surface area contributed by atoms with Crippen molar-refractivity contribution in [2.24, 2.45) is 11.5 Å². The molecule has 4 nitrogen and oxygen atoms in total. The van der Waals surface area contributed by atoms with Gasteiger partial charge in [-0.2, -0.15) is 0 Å². The first kappa shape index (κ1) is 10.9. The van der Waals surface area contributed by atoms with Crippen LogP contribution in [0.5, 0.6) is 0 Å². The van der Waals surface area contributed by atoms with Crippen molar-refractivity contribution in [3.05, 3.63) is 0 Å². The Kier molecular flexibility index (Phi) is 2.45. The number of rotatable bonds is 2. The van der Waals surface area contributed by atoms with E-state index in [4.69, 9.17) is 20.9 Å². The maximum absolute atomic E-state index is 5.76. The molecule has 0 saturated carbocycles. The molecule has 0 aromatic rings. The molecule has 4 N–H and O–H groups in total. The summed E-state index contributed by atoms with van der Waals surface area (Å²) in [5.74, 6) is -0.595. The zero-order valence-electron chi connectivity index (χ0n) is 8.89. The smallest absolute Gasteiger partial charge is 0.164 e. The lowest BCUT2D eigenvalue weighted by Gasteiger charge is -2.35. The van der Waals surface area contributed by atoms with Gasteiger partial charge in [-0.05, 0) is 27.7 Å².